The first-order valence-corrected chi connectivity index (χ1v) is 10.2. The van der Waals surface area contributed by atoms with E-state index in [-0.39, 0.29) is 18.7 Å². The van der Waals surface area contributed by atoms with E-state index in [0.29, 0.717) is 29.6 Å². The van der Waals surface area contributed by atoms with Crippen molar-refractivity contribution in [1.82, 2.24) is 13.8 Å². The molecule has 0 bridgehead atoms. The monoisotopic (exact) mass is 395 g/mol. The molecule has 9 nitrogen and oxygen atoms in total. The quantitative estimate of drug-likeness (QED) is 0.760. The molecule has 0 radical (unpaired) electrons. The molecule has 1 aliphatic heterocycles. The fraction of sp³-hybridized carbons (Fsp3) is 0.412. The summed E-state index contributed by atoms with van der Waals surface area (Å²) in [5.74, 6) is -2.08. The van der Waals surface area contributed by atoms with Gasteiger partial charge in [-0.2, -0.15) is 4.31 Å². The number of hydrogen-bond acceptors (Lipinski definition) is 5. The Bertz CT molecular complexity index is 1010. The molecule has 2 heterocycles. The van der Waals surface area contributed by atoms with Crippen molar-refractivity contribution in [2.24, 2.45) is 7.05 Å². The number of sulfonamides is 1. The first-order chi connectivity index (χ1) is 12.6. The van der Waals surface area contributed by atoms with E-state index >= 15 is 0 Å². The Balaban J connectivity index is 1.97. The lowest BCUT2D eigenvalue weighted by atomic mass is 10.0. The van der Waals surface area contributed by atoms with Crippen molar-refractivity contribution in [3.05, 3.63) is 35.5 Å². The Morgan fingerprint density at radius 3 is 2.26 bits per heavy atom. The molecule has 10 heteroatoms. The van der Waals surface area contributed by atoms with E-state index in [2.05, 4.69) is 0 Å². The average Bonchev–Trinajstić information content (AvgIpc) is 2.90. The van der Waals surface area contributed by atoms with Gasteiger partial charge in [0.1, 0.15) is 6.04 Å². The highest BCUT2D eigenvalue weighted by Crippen LogP contribution is 2.31. The van der Waals surface area contributed by atoms with Crippen LogP contribution in [-0.4, -0.2) is 76.8 Å². The van der Waals surface area contributed by atoms with E-state index in [1.54, 1.807) is 28.8 Å². The lowest BCUT2D eigenvalue weighted by molar-refractivity contribution is -0.144. The Hall–Kier alpha value is -2.43. The third kappa shape index (κ3) is 3.68. The van der Waals surface area contributed by atoms with Gasteiger partial charge in [0.05, 0.1) is 11.8 Å². The molecule has 2 aromatic rings. The number of nitrogens with zero attached hydrogens (tertiary/aromatic N) is 3. The molecule has 1 aromatic heterocycles. The number of aromatic carboxylic acids is 1. The highest BCUT2D eigenvalue weighted by molar-refractivity contribution is 7.88. The number of rotatable bonds is 5. The predicted molar refractivity (Wildman–Crippen MR) is 98.2 cm³/mol. The molecular formula is C17H21N3O6S. The minimum atomic E-state index is -3.30. The number of benzene rings is 1. The van der Waals surface area contributed by atoms with Crippen molar-refractivity contribution >= 4 is 32.9 Å². The molecule has 3 rings (SSSR count). The van der Waals surface area contributed by atoms with Gasteiger partial charge in [-0.05, 0) is 12.1 Å². The first-order valence-electron chi connectivity index (χ1n) is 8.34. The van der Waals surface area contributed by atoms with Crippen molar-refractivity contribution in [3.63, 3.8) is 0 Å². The normalized spacial score (nSPS) is 17.9. The van der Waals surface area contributed by atoms with Crippen LogP contribution in [0, 0.1) is 0 Å². The van der Waals surface area contributed by atoms with Gasteiger partial charge in [-0.25, -0.2) is 13.2 Å². The maximum atomic E-state index is 12.0. The largest absolute Gasteiger partial charge is 0.480 e. The van der Waals surface area contributed by atoms with Crippen LogP contribution >= 0.6 is 0 Å². The molecule has 1 aliphatic rings. The molecule has 1 atom stereocenters. The van der Waals surface area contributed by atoms with E-state index in [1.807, 2.05) is 0 Å². The lowest BCUT2D eigenvalue weighted by Crippen LogP contribution is -2.50. The van der Waals surface area contributed by atoms with E-state index in [4.69, 9.17) is 5.11 Å². The van der Waals surface area contributed by atoms with Crippen molar-refractivity contribution in [3.8, 4) is 0 Å². The van der Waals surface area contributed by atoms with Crippen LogP contribution in [-0.2, 0) is 21.9 Å². The molecule has 2 N–H and O–H groups in total. The molecule has 1 unspecified atom stereocenters. The second-order valence-electron chi connectivity index (χ2n) is 6.67. The summed E-state index contributed by atoms with van der Waals surface area (Å²) in [7, 11) is -1.57. The van der Waals surface area contributed by atoms with Gasteiger partial charge >= 0.3 is 11.9 Å². The zero-order valence-electron chi connectivity index (χ0n) is 15.0. The number of aromatic nitrogens is 1. The summed E-state index contributed by atoms with van der Waals surface area (Å²) in [4.78, 5) is 25.0. The molecule has 0 spiro atoms. The van der Waals surface area contributed by atoms with Crippen LogP contribution < -0.4 is 0 Å². The highest BCUT2D eigenvalue weighted by Gasteiger charge is 2.34. The number of carbonyl (C=O) groups is 2. The smallest absolute Gasteiger partial charge is 0.335 e. The molecular weight excluding hydrogens is 374 g/mol. The summed E-state index contributed by atoms with van der Waals surface area (Å²) < 4.78 is 26.4. The van der Waals surface area contributed by atoms with Gasteiger partial charge in [-0.3, -0.25) is 9.69 Å². The molecule has 0 aliphatic carbocycles. The van der Waals surface area contributed by atoms with Crippen LogP contribution in [0.15, 0.2) is 24.4 Å². The summed E-state index contributed by atoms with van der Waals surface area (Å²) in [6.45, 7) is 1.06. The van der Waals surface area contributed by atoms with Crippen LogP contribution in [0.2, 0.25) is 0 Å². The number of fused-ring (bicyclic) bond motifs is 1. The van der Waals surface area contributed by atoms with E-state index in [9.17, 15) is 23.1 Å². The molecule has 1 aromatic carbocycles. The summed E-state index contributed by atoms with van der Waals surface area (Å²) in [6, 6.07) is 3.65. The summed E-state index contributed by atoms with van der Waals surface area (Å²) in [5.41, 5.74) is 1.32. The highest BCUT2D eigenvalue weighted by atomic mass is 32.2. The van der Waals surface area contributed by atoms with Gasteiger partial charge in [0.25, 0.3) is 0 Å². The van der Waals surface area contributed by atoms with Gasteiger partial charge in [-0.15, -0.1) is 0 Å². The fourth-order valence-electron chi connectivity index (χ4n) is 3.55. The number of hydrogen-bond donors (Lipinski definition) is 2. The Morgan fingerprint density at radius 2 is 1.74 bits per heavy atom. The molecule has 1 saturated heterocycles. The first kappa shape index (κ1) is 19.3. The summed E-state index contributed by atoms with van der Waals surface area (Å²) in [5, 5.41) is 19.7. The molecule has 146 valence electrons. The molecule has 1 fully saturated rings. The number of carboxylic acid groups (broad SMARTS) is 2. The Labute approximate surface area is 156 Å². The van der Waals surface area contributed by atoms with Gasteiger partial charge in [0.15, 0.2) is 0 Å². The molecule has 0 amide bonds. The number of piperazine rings is 1. The van der Waals surface area contributed by atoms with Gasteiger partial charge in [0.2, 0.25) is 10.0 Å². The molecule has 0 saturated carbocycles. The van der Waals surface area contributed by atoms with Gasteiger partial charge < -0.3 is 14.8 Å². The number of aryl methyl sites for hydroxylation is 1. The van der Waals surface area contributed by atoms with Crippen molar-refractivity contribution in [1.29, 1.82) is 0 Å². The predicted octanol–water partition coefficient (Wildman–Crippen LogP) is 0.579. The third-order valence-electron chi connectivity index (χ3n) is 4.90. The average molecular weight is 395 g/mol. The van der Waals surface area contributed by atoms with Crippen LogP contribution in [0.25, 0.3) is 10.9 Å². The van der Waals surface area contributed by atoms with Crippen molar-refractivity contribution in [2.45, 2.75) is 6.04 Å². The van der Waals surface area contributed by atoms with E-state index < -0.39 is 28.0 Å². The SMILES string of the molecule is Cn1cc(C(C(=O)O)N2CCN(S(C)(=O)=O)CC2)c2ccc(C(=O)O)cc21. The van der Waals surface area contributed by atoms with Crippen molar-refractivity contribution in [2.75, 3.05) is 32.4 Å². The number of aliphatic carboxylic acids is 1. The Morgan fingerprint density at radius 1 is 1.11 bits per heavy atom. The zero-order valence-corrected chi connectivity index (χ0v) is 15.8. The van der Waals surface area contributed by atoms with Crippen LogP contribution in [0.1, 0.15) is 22.0 Å². The lowest BCUT2D eigenvalue weighted by Gasteiger charge is -2.36. The number of carboxylic acids is 2. The maximum Gasteiger partial charge on any atom is 0.335 e. The second-order valence-corrected chi connectivity index (χ2v) is 8.65. The van der Waals surface area contributed by atoms with Crippen LogP contribution in [0.5, 0.6) is 0 Å². The summed E-state index contributed by atoms with van der Waals surface area (Å²) >= 11 is 0. The summed E-state index contributed by atoms with van der Waals surface area (Å²) in [6.07, 6.45) is 2.83. The molecule has 27 heavy (non-hydrogen) atoms. The Kier molecular flexibility index (Phi) is 4.98. The van der Waals surface area contributed by atoms with Crippen LogP contribution in [0.4, 0.5) is 0 Å². The standard InChI is InChI=1S/C17H21N3O6S/c1-18-10-13(12-4-3-11(16(21)22)9-14(12)18)15(17(23)24)19-5-7-20(8-6-19)27(2,25)26/h3-4,9-10,15H,5-8H2,1-2H3,(H,21,22)(H,23,24). The minimum absolute atomic E-state index is 0.129. The maximum absolute atomic E-state index is 12.0. The second kappa shape index (κ2) is 6.95. The van der Waals surface area contributed by atoms with E-state index in [0.717, 1.165) is 6.26 Å². The van der Waals surface area contributed by atoms with Gasteiger partial charge in [-0.1, -0.05) is 6.07 Å². The van der Waals surface area contributed by atoms with E-state index in [1.165, 1.54) is 16.4 Å². The van der Waals surface area contributed by atoms with Gasteiger partial charge in [0, 0.05) is 55.9 Å². The zero-order chi connectivity index (χ0) is 19.9. The minimum Gasteiger partial charge on any atom is -0.480 e. The third-order valence-corrected chi connectivity index (χ3v) is 6.21. The topological polar surface area (TPSA) is 120 Å². The fourth-order valence-corrected chi connectivity index (χ4v) is 4.37. The van der Waals surface area contributed by atoms with Crippen molar-refractivity contribution < 1.29 is 28.2 Å². The van der Waals surface area contributed by atoms with Crippen LogP contribution in [0.3, 0.4) is 0 Å².